The number of rotatable bonds is 3. The highest BCUT2D eigenvalue weighted by molar-refractivity contribution is 6.02. The topological polar surface area (TPSA) is 75.4 Å². The molecule has 0 aliphatic carbocycles. The van der Waals surface area contributed by atoms with Gasteiger partial charge in [0, 0.05) is 11.7 Å². The van der Waals surface area contributed by atoms with Crippen molar-refractivity contribution in [3.05, 3.63) is 29.8 Å². The van der Waals surface area contributed by atoms with Crippen LogP contribution in [0.3, 0.4) is 0 Å². The number of nitrogens with two attached hydrogens (primary N) is 1. The van der Waals surface area contributed by atoms with Gasteiger partial charge in [-0.1, -0.05) is 25.1 Å². The number of para-hydroxylation sites is 1. The molecule has 1 aromatic carbocycles. The zero-order chi connectivity index (χ0) is 13.1. The average Bonchev–Trinajstić information content (AvgIpc) is 2.36. The van der Waals surface area contributed by atoms with Crippen molar-refractivity contribution in [2.75, 3.05) is 18.0 Å². The van der Waals surface area contributed by atoms with Gasteiger partial charge < -0.3 is 10.6 Å². The van der Waals surface area contributed by atoms with E-state index < -0.39 is 0 Å². The molecule has 96 valence electrons. The van der Waals surface area contributed by atoms with E-state index in [9.17, 15) is 9.59 Å². The summed E-state index contributed by atoms with van der Waals surface area (Å²) in [6.45, 7) is 2.40. The first-order chi connectivity index (χ1) is 8.61. The van der Waals surface area contributed by atoms with Crippen molar-refractivity contribution in [1.82, 2.24) is 5.32 Å². The Labute approximate surface area is 106 Å². The van der Waals surface area contributed by atoms with E-state index >= 15 is 0 Å². The van der Waals surface area contributed by atoms with Crippen molar-refractivity contribution in [3.63, 3.8) is 0 Å². The van der Waals surface area contributed by atoms with Gasteiger partial charge in [-0.2, -0.15) is 0 Å². The number of hydrogen-bond acceptors (Lipinski definition) is 4. The summed E-state index contributed by atoms with van der Waals surface area (Å²) < 4.78 is 0. The van der Waals surface area contributed by atoms with Crippen LogP contribution in [0.2, 0.25) is 0 Å². The standard InChI is InChI=1S/C13H17N3O2/c1-2-10(14)9-5-3-4-6-11(9)16-7-12(17)15-13(18)8-16/h3-6,10H,2,7-8,14H2,1H3,(H,15,17,18)/t10-/m0/s1. The highest BCUT2D eigenvalue weighted by Gasteiger charge is 2.24. The molecule has 0 bridgehead atoms. The van der Waals surface area contributed by atoms with Gasteiger partial charge in [0.1, 0.15) is 0 Å². The fraction of sp³-hybridized carbons (Fsp3) is 0.385. The number of carbonyl (C=O) groups is 2. The van der Waals surface area contributed by atoms with Crippen LogP contribution in [0.5, 0.6) is 0 Å². The maximum atomic E-state index is 11.4. The fourth-order valence-corrected chi connectivity index (χ4v) is 2.12. The first-order valence-electron chi connectivity index (χ1n) is 6.04. The second kappa shape index (κ2) is 5.18. The molecule has 0 saturated carbocycles. The summed E-state index contributed by atoms with van der Waals surface area (Å²) in [6, 6.07) is 7.57. The Morgan fingerprint density at radius 2 is 1.89 bits per heavy atom. The third-order valence-electron chi connectivity index (χ3n) is 3.06. The Balaban J connectivity index is 2.32. The van der Waals surface area contributed by atoms with Gasteiger partial charge in [0.25, 0.3) is 0 Å². The molecule has 0 radical (unpaired) electrons. The predicted molar refractivity (Wildman–Crippen MR) is 69.0 cm³/mol. The number of carbonyl (C=O) groups excluding carboxylic acids is 2. The van der Waals surface area contributed by atoms with Gasteiger partial charge >= 0.3 is 0 Å². The van der Waals surface area contributed by atoms with Crippen molar-refractivity contribution >= 4 is 17.5 Å². The van der Waals surface area contributed by atoms with Crippen LogP contribution >= 0.6 is 0 Å². The van der Waals surface area contributed by atoms with Gasteiger partial charge in [0.15, 0.2) is 0 Å². The number of nitrogens with one attached hydrogen (secondary N) is 1. The molecule has 18 heavy (non-hydrogen) atoms. The molecule has 0 aromatic heterocycles. The van der Waals surface area contributed by atoms with Crippen molar-refractivity contribution in [3.8, 4) is 0 Å². The minimum Gasteiger partial charge on any atom is -0.353 e. The van der Waals surface area contributed by atoms with E-state index in [0.29, 0.717) is 0 Å². The molecule has 1 aliphatic rings. The molecule has 1 heterocycles. The number of imide groups is 1. The van der Waals surface area contributed by atoms with Crippen LogP contribution in [-0.4, -0.2) is 24.9 Å². The predicted octanol–water partition coefficient (Wildman–Crippen LogP) is 0.559. The Bertz CT molecular complexity index is 457. The molecular weight excluding hydrogens is 230 g/mol. The molecule has 1 saturated heterocycles. The van der Waals surface area contributed by atoms with E-state index in [1.54, 1.807) is 4.90 Å². The lowest BCUT2D eigenvalue weighted by atomic mass is 10.0. The van der Waals surface area contributed by atoms with E-state index in [4.69, 9.17) is 5.73 Å². The van der Waals surface area contributed by atoms with E-state index in [1.807, 2.05) is 31.2 Å². The summed E-state index contributed by atoms with van der Waals surface area (Å²) in [5.74, 6) is -0.544. The molecule has 0 spiro atoms. The lowest BCUT2D eigenvalue weighted by molar-refractivity contribution is -0.130. The maximum Gasteiger partial charge on any atom is 0.246 e. The molecular formula is C13H17N3O2. The van der Waals surface area contributed by atoms with Crippen molar-refractivity contribution in [2.45, 2.75) is 19.4 Å². The van der Waals surface area contributed by atoms with Crippen LogP contribution in [0.15, 0.2) is 24.3 Å². The van der Waals surface area contributed by atoms with E-state index in [1.165, 1.54) is 0 Å². The second-order valence-electron chi connectivity index (χ2n) is 4.40. The summed E-state index contributed by atoms with van der Waals surface area (Å²) in [5, 5.41) is 2.29. The first kappa shape index (κ1) is 12.6. The summed E-state index contributed by atoms with van der Waals surface area (Å²) >= 11 is 0. The molecule has 2 rings (SSSR count). The van der Waals surface area contributed by atoms with E-state index in [0.717, 1.165) is 17.7 Å². The quantitative estimate of drug-likeness (QED) is 0.765. The lowest BCUT2D eigenvalue weighted by Gasteiger charge is -2.30. The highest BCUT2D eigenvalue weighted by atomic mass is 16.2. The molecule has 5 nitrogen and oxygen atoms in total. The van der Waals surface area contributed by atoms with Crippen LogP contribution in [0.1, 0.15) is 24.9 Å². The zero-order valence-corrected chi connectivity index (χ0v) is 10.3. The minimum absolute atomic E-state index is 0.0821. The number of piperazine rings is 1. The lowest BCUT2D eigenvalue weighted by Crippen LogP contribution is -2.51. The summed E-state index contributed by atoms with van der Waals surface area (Å²) in [7, 11) is 0. The van der Waals surface area contributed by atoms with Crippen molar-refractivity contribution < 1.29 is 9.59 Å². The minimum atomic E-state index is -0.272. The first-order valence-corrected chi connectivity index (χ1v) is 6.04. The number of hydrogen-bond donors (Lipinski definition) is 2. The highest BCUT2D eigenvalue weighted by Crippen LogP contribution is 2.27. The zero-order valence-electron chi connectivity index (χ0n) is 10.3. The number of nitrogens with zero attached hydrogens (tertiary/aromatic N) is 1. The molecule has 1 atom stereocenters. The number of anilines is 1. The monoisotopic (exact) mass is 247 g/mol. The molecule has 2 amide bonds. The van der Waals surface area contributed by atoms with Crippen LogP contribution in [0.25, 0.3) is 0 Å². The van der Waals surface area contributed by atoms with Gasteiger partial charge in [-0.3, -0.25) is 14.9 Å². The maximum absolute atomic E-state index is 11.4. The SMILES string of the molecule is CC[C@H](N)c1ccccc1N1CC(=O)NC(=O)C1. The molecule has 1 fully saturated rings. The van der Waals surface area contributed by atoms with Gasteiger partial charge in [0.2, 0.25) is 11.8 Å². The summed E-state index contributed by atoms with van der Waals surface area (Å²) in [5.41, 5.74) is 7.90. The van der Waals surface area contributed by atoms with Gasteiger partial charge in [-0.25, -0.2) is 0 Å². The smallest absolute Gasteiger partial charge is 0.246 e. The second-order valence-corrected chi connectivity index (χ2v) is 4.40. The normalized spacial score (nSPS) is 17.6. The van der Waals surface area contributed by atoms with Gasteiger partial charge in [0.05, 0.1) is 13.1 Å². The fourth-order valence-electron chi connectivity index (χ4n) is 2.12. The van der Waals surface area contributed by atoms with Crippen molar-refractivity contribution in [1.29, 1.82) is 0 Å². The third-order valence-corrected chi connectivity index (χ3v) is 3.06. The Kier molecular flexibility index (Phi) is 3.62. The van der Waals surface area contributed by atoms with Crippen LogP contribution in [-0.2, 0) is 9.59 Å². The molecule has 3 N–H and O–H groups in total. The van der Waals surface area contributed by atoms with Crippen LogP contribution < -0.4 is 16.0 Å². The molecule has 1 aromatic rings. The van der Waals surface area contributed by atoms with E-state index in [2.05, 4.69) is 5.32 Å². The molecule has 5 heteroatoms. The van der Waals surface area contributed by atoms with Crippen LogP contribution in [0.4, 0.5) is 5.69 Å². The largest absolute Gasteiger partial charge is 0.353 e. The molecule has 0 unspecified atom stereocenters. The Morgan fingerprint density at radius 1 is 1.28 bits per heavy atom. The average molecular weight is 247 g/mol. The summed E-state index contributed by atoms with van der Waals surface area (Å²) in [6.07, 6.45) is 0.811. The number of amides is 2. The van der Waals surface area contributed by atoms with E-state index in [-0.39, 0.29) is 30.9 Å². The Hall–Kier alpha value is -1.88. The van der Waals surface area contributed by atoms with Gasteiger partial charge in [-0.15, -0.1) is 0 Å². The van der Waals surface area contributed by atoms with Crippen LogP contribution in [0, 0.1) is 0 Å². The number of benzene rings is 1. The van der Waals surface area contributed by atoms with Crippen molar-refractivity contribution in [2.24, 2.45) is 5.73 Å². The third kappa shape index (κ3) is 2.51. The molecule has 1 aliphatic heterocycles. The van der Waals surface area contributed by atoms with Gasteiger partial charge in [-0.05, 0) is 18.1 Å². The summed E-state index contributed by atoms with van der Waals surface area (Å²) in [4.78, 5) is 24.6. The Morgan fingerprint density at radius 3 is 2.50 bits per heavy atom.